The van der Waals surface area contributed by atoms with Gasteiger partial charge in [-0.15, -0.1) is 11.3 Å². The molecule has 0 aliphatic carbocycles. The van der Waals surface area contributed by atoms with E-state index >= 15 is 0 Å². The number of nitrogens with zero attached hydrogens (tertiary/aromatic N) is 1. The van der Waals surface area contributed by atoms with E-state index in [1.807, 2.05) is 6.92 Å². The van der Waals surface area contributed by atoms with Crippen LogP contribution in [0.4, 0.5) is 8.78 Å². The summed E-state index contributed by atoms with van der Waals surface area (Å²) in [6.07, 6.45) is -1.01. The van der Waals surface area contributed by atoms with Gasteiger partial charge in [-0.3, -0.25) is 0 Å². The van der Waals surface area contributed by atoms with E-state index in [1.165, 1.54) is 29.5 Å². The Morgan fingerprint density at radius 2 is 1.89 bits per heavy atom. The molecule has 96 valence electrons. The highest BCUT2D eigenvalue weighted by Crippen LogP contribution is 2.28. The summed E-state index contributed by atoms with van der Waals surface area (Å²) in [4.78, 5) is 4.85. The van der Waals surface area contributed by atoms with Gasteiger partial charge in [0.2, 0.25) is 0 Å². The van der Waals surface area contributed by atoms with E-state index in [4.69, 9.17) is 0 Å². The second-order valence-electron chi connectivity index (χ2n) is 4.10. The molecule has 1 aromatic heterocycles. The number of benzene rings is 1. The molecule has 1 aromatic carbocycles. The normalized spacial score (nSPS) is 12.7. The molecular formula is C13H13F2NOS. The van der Waals surface area contributed by atoms with Gasteiger partial charge in [0, 0.05) is 12.0 Å². The number of aliphatic hydroxyl groups is 1. The van der Waals surface area contributed by atoms with Crippen LogP contribution in [-0.2, 0) is 6.42 Å². The van der Waals surface area contributed by atoms with Crippen molar-refractivity contribution in [1.82, 2.24) is 4.98 Å². The molecule has 1 atom stereocenters. The Bertz CT molecular complexity index is 548. The molecule has 0 fully saturated rings. The molecule has 2 nitrogen and oxygen atoms in total. The standard InChI is InChI=1S/C13H13F2NOS/c1-7-13(18-8(2)16-7)12(17)6-9-10(14)4-3-5-11(9)15/h3-5,12,17H,6H2,1-2H3. The van der Waals surface area contributed by atoms with Crippen molar-refractivity contribution in [2.45, 2.75) is 26.4 Å². The fraction of sp³-hybridized carbons (Fsp3) is 0.308. The summed E-state index contributed by atoms with van der Waals surface area (Å²) in [7, 11) is 0. The Morgan fingerprint density at radius 1 is 1.28 bits per heavy atom. The molecule has 5 heteroatoms. The van der Waals surface area contributed by atoms with Crippen molar-refractivity contribution >= 4 is 11.3 Å². The molecule has 0 amide bonds. The van der Waals surface area contributed by atoms with E-state index < -0.39 is 17.7 Å². The minimum absolute atomic E-state index is 0.0824. The number of aryl methyl sites for hydroxylation is 2. The zero-order chi connectivity index (χ0) is 13.3. The first-order chi connectivity index (χ1) is 8.49. The van der Waals surface area contributed by atoms with Gasteiger partial charge in [-0.25, -0.2) is 13.8 Å². The van der Waals surface area contributed by atoms with Crippen LogP contribution in [0, 0.1) is 25.5 Å². The third-order valence-corrected chi connectivity index (χ3v) is 3.88. The van der Waals surface area contributed by atoms with Gasteiger partial charge in [-0.1, -0.05) is 6.07 Å². The Morgan fingerprint density at radius 3 is 2.39 bits per heavy atom. The number of aromatic nitrogens is 1. The molecule has 1 N–H and O–H groups in total. The smallest absolute Gasteiger partial charge is 0.129 e. The average Bonchev–Trinajstić information content (AvgIpc) is 2.63. The number of rotatable bonds is 3. The first kappa shape index (κ1) is 13.1. The molecule has 18 heavy (non-hydrogen) atoms. The summed E-state index contributed by atoms with van der Waals surface area (Å²) in [5.74, 6) is -1.26. The predicted molar refractivity (Wildman–Crippen MR) is 66.6 cm³/mol. The molecule has 1 unspecified atom stereocenters. The molecule has 0 bridgehead atoms. The van der Waals surface area contributed by atoms with Crippen LogP contribution in [0.3, 0.4) is 0 Å². The summed E-state index contributed by atoms with van der Waals surface area (Å²) in [5.41, 5.74) is 0.622. The fourth-order valence-electron chi connectivity index (χ4n) is 1.87. The van der Waals surface area contributed by atoms with E-state index in [0.717, 1.165) is 5.01 Å². The Balaban J connectivity index is 2.26. The topological polar surface area (TPSA) is 33.1 Å². The van der Waals surface area contributed by atoms with E-state index in [0.29, 0.717) is 10.6 Å². The molecule has 0 radical (unpaired) electrons. The van der Waals surface area contributed by atoms with Gasteiger partial charge in [-0.05, 0) is 26.0 Å². The van der Waals surface area contributed by atoms with Crippen LogP contribution in [0.1, 0.15) is 27.2 Å². The van der Waals surface area contributed by atoms with Gasteiger partial charge in [0.1, 0.15) is 11.6 Å². The minimum Gasteiger partial charge on any atom is -0.387 e. The lowest BCUT2D eigenvalue weighted by atomic mass is 10.0. The van der Waals surface area contributed by atoms with Crippen LogP contribution in [0.25, 0.3) is 0 Å². The van der Waals surface area contributed by atoms with Crippen LogP contribution in [-0.4, -0.2) is 10.1 Å². The van der Waals surface area contributed by atoms with Gasteiger partial charge in [-0.2, -0.15) is 0 Å². The fourth-order valence-corrected chi connectivity index (χ4v) is 2.78. The van der Waals surface area contributed by atoms with E-state index in [9.17, 15) is 13.9 Å². The highest BCUT2D eigenvalue weighted by atomic mass is 32.1. The zero-order valence-electron chi connectivity index (χ0n) is 10.1. The van der Waals surface area contributed by atoms with Crippen molar-refractivity contribution in [3.05, 3.63) is 51.0 Å². The first-order valence-electron chi connectivity index (χ1n) is 5.54. The van der Waals surface area contributed by atoms with Crippen molar-refractivity contribution in [3.8, 4) is 0 Å². The largest absolute Gasteiger partial charge is 0.387 e. The molecule has 0 saturated heterocycles. The Kier molecular flexibility index (Phi) is 3.73. The second kappa shape index (κ2) is 5.12. The van der Waals surface area contributed by atoms with Crippen LogP contribution >= 0.6 is 11.3 Å². The van der Waals surface area contributed by atoms with Crippen molar-refractivity contribution in [1.29, 1.82) is 0 Å². The molecule has 2 aromatic rings. The Hall–Kier alpha value is -1.33. The lowest BCUT2D eigenvalue weighted by Crippen LogP contribution is -2.05. The van der Waals surface area contributed by atoms with E-state index in [2.05, 4.69) is 4.98 Å². The van der Waals surface area contributed by atoms with Crippen molar-refractivity contribution in [3.63, 3.8) is 0 Å². The average molecular weight is 269 g/mol. The quantitative estimate of drug-likeness (QED) is 0.927. The number of thiazole rings is 1. The third kappa shape index (κ3) is 2.57. The second-order valence-corrected chi connectivity index (χ2v) is 5.34. The predicted octanol–water partition coefficient (Wildman–Crippen LogP) is 3.31. The summed E-state index contributed by atoms with van der Waals surface area (Å²) >= 11 is 1.35. The zero-order valence-corrected chi connectivity index (χ0v) is 10.9. The van der Waals surface area contributed by atoms with Crippen LogP contribution in [0.15, 0.2) is 18.2 Å². The number of aliphatic hydroxyl groups excluding tert-OH is 1. The van der Waals surface area contributed by atoms with Gasteiger partial charge in [0.15, 0.2) is 0 Å². The van der Waals surface area contributed by atoms with Gasteiger partial charge in [0.25, 0.3) is 0 Å². The molecule has 0 spiro atoms. The molecular weight excluding hydrogens is 256 g/mol. The minimum atomic E-state index is -0.928. The summed E-state index contributed by atoms with van der Waals surface area (Å²) in [6.45, 7) is 3.61. The summed E-state index contributed by atoms with van der Waals surface area (Å²) in [5, 5.41) is 10.9. The molecule has 1 heterocycles. The van der Waals surface area contributed by atoms with Crippen LogP contribution < -0.4 is 0 Å². The van der Waals surface area contributed by atoms with Crippen LogP contribution in [0.2, 0.25) is 0 Å². The third-order valence-electron chi connectivity index (χ3n) is 2.70. The molecule has 2 rings (SSSR count). The van der Waals surface area contributed by atoms with Crippen molar-refractivity contribution in [2.24, 2.45) is 0 Å². The van der Waals surface area contributed by atoms with Crippen molar-refractivity contribution < 1.29 is 13.9 Å². The lowest BCUT2D eigenvalue weighted by molar-refractivity contribution is 0.178. The van der Waals surface area contributed by atoms with E-state index in [1.54, 1.807) is 6.92 Å². The number of halogens is 2. The summed E-state index contributed by atoms with van der Waals surface area (Å²) < 4.78 is 26.9. The molecule has 0 saturated carbocycles. The highest BCUT2D eigenvalue weighted by Gasteiger charge is 2.19. The summed E-state index contributed by atoms with van der Waals surface area (Å²) in [6, 6.07) is 3.69. The highest BCUT2D eigenvalue weighted by molar-refractivity contribution is 7.11. The SMILES string of the molecule is Cc1nc(C)c(C(O)Cc2c(F)cccc2F)s1. The van der Waals surface area contributed by atoms with Crippen LogP contribution in [0.5, 0.6) is 0 Å². The first-order valence-corrected chi connectivity index (χ1v) is 6.35. The van der Waals surface area contributed by atoms with Gasteiger partial charge < -0.3 is 5.11 Å². The lowest BCUT2D eigenvalue weighted by Gasteiger charge is -2.10. The maximum absolute atomic E-state index is 13.5. The van der Waals surface area contributed by atoms with E-state index in [-0.39, 0.29) is 12.0 Å². The number of hydrogen-bond acceptors (Lipinski definition) is 3. The van der Waals surface area contributed by atoms with Gasteiger partial charge in [0.05, 0.1) is 21.7 Å². The maximum Gasteiger partial charge on any atom is 0.129 e. The molecule has 0 aliphatic heterocycles. The van der Waals surface area contributed by atoms with Crippen molar-refractivity contribution in [2.75, 3.05) is 0 Å². The number of hydrogen-bond donors (Lipinski definition) is 1. The van der Waals surface area contributed by atoms with Gasteiger partial charge >= 0.3 is 0 Å². The monoisotopic (exact) mass is 269 g/mol. The molecule has 0 aliphatic rings. The Labute approximate surface area is 108 Å². The maximum atomic E-state index is 13.5.